The molecule has 200 valence electrons. The Morgan fingerprint density at radius 1 is 0.900 bits per heavy atom. The molecule has 2 aliphatic carbocycles. The first kappa shape index (κ1) is 24.5. The van der Waals surface area contributed by atoms with Gasteiger partial charge in [0.25, 0.3) is 0 Å². The minimum absolute atomic E-state index is 0.0391. The highest BCUT2D eigenvalue weighted by molar-refractivity contribution is 8.00. The number of para-hydroxylation sites is 1. The largest absolute Gasteiger partial charge is 0.457 e. The number of imide groups is 1. The van der Waals surface area contributed by atoms with E-state index in [0.717, 1.165) is 32.5 Å². The Labute approximate surface area is 243 Å². The molecule has 9 heteroatoms. The first-order valence-electron chi connectivity index (χ1n) is 13.3. The van der Waals surface area contributed by atoms with E-state index >= 15 is 0 Å². The average molecular weight is 587 g/mol. The molecule has 2 bridgehead atoms. The number of amides is 2. The van der Waals surface area contributed by atoms with Crippen molar-refractivity contribution in [3.8, 4) is 11.5 Å². The lowest BCUT2D eigenvalue weighted by Gasteiger charge is -2.43. The SMILES string of the molecule is O=C1C2C3CC(C2C(=O)N1c1ccc(F)cc1)C1C(c2cccc(Oc4ccccc4)c2)c2sc(=S)[nH]c2SC31. The highest BCUT2D eigenvalue weighted by Crippen LogP contribution is 2.69. The molecule has 2 saturated carbocycles. The van der Waals surface area contributed by atoms with Crippen molar-refractivity contribution in [3.63, 3.8) is 0 Å². The monoisotopic (exact) mass is 586 g/mol. The van der Waals surface area contributed by atoms with Crippen LogP contribution in [0.5, 0.6) is 11.5 Å². The van der Waals surface area contributed by atoms with Crippen molar-refractivity contribution in [2.75, 3.05) is 4.90 Å². The summed E-state index contributed by atoms with van der Waals surface area (Å²) in [4.78, 5) is 33.5. The molecule has 8 rings (SSSR count). The minimum Gasteiger partial charge on any atom is -0.457 e. The van der Waals surface area contributed by atoms with Gasteiger partial charge < -0.3 is 9.72 Å². The lowest BCUT2D eigenvalue weighted by atomic mass is 9.68. The molecule has 4 aromatic rings. The Hall–Kier alpha value is -3.27. The molecule has 1 saturated heterocycles. The summed E-state index contributed by atoms with van der Waals surface area (Å²) in [5.74, 6) is 0.530. The van der Waals surface area contributed by atoms with E-state index in [0.29, 0.717) is 5.69 Å². The van der Waals surface area contributed by atoms with E-state index in [2.05, 4.69) is 17.1 Å². The first-order chi connectivity index (χ1) is 19.5. The number of benzene rings is 3. The molecule has 4 aliphatic rings. The molecule has 3 aromatic carbocycles. The molecule has 0 spiro atoms. The molecular formula is C31H23FN2O3S3. The number of fused-ring (bicyclic) bond motifs is 9. The number of anilines is 1. The number of halogens is 1. The summed E-state index contributed by atoms with van der Waals surface area (Å²) < 4.78 is 20.5. The van der Waals surface area contributed by atoms with E-state index in [1.807, 2.05) is 42.5 Å². The molecule has 2 aliphatic heterocycles. The quantitative estimate of drug-likeness (QED) is 0.199. The first-order valence-corrected chi connectivity index (χ1v) is 15.4. The Morgan fingerprint density at radius 3 is 2.40 bits per heavy atom. The van der Waals surface area contributed by atoms with Crippen LogP contribution in [-0.2, 0) is 9.59 Å². The summed E-state index contributed by atoms with van der Waals surface area (Å²) in [6, 6.07) is 23.6. The molecule has 7 unspecified atom stereocenters. The van der Waals surface area contributed by atoms with Crippen LogP contribution in [0.15, 0.2) is 83.9 Å². The standard InChI is InChI=1S/C31H23FN2O3S3/c32-16-9-11-17(12-10-16)34-29(35)24-20-14-21(25(24)30(34)36)26-23(20)22(27-28(39-26)33-31(38)40-27)15-5-4-8-19(13-15)37-18-6-2-1-3-7-18/h1-13,20-26H,14H2,(H,33,38). The van der Waals surface area contributed by atoms with Gasteiger partial charge in [-0.25, -0.2) is 4.39 Å². The maximum Gasteiger partial charge on any atom is 0.238 e. The van der Waals surface area contributed by atoms with Crippen LogP contribution >= 0.6 is 35.3 Å². The Kier molecular flexibility index (Phi) is 5.59. The van der Waals surface area contributed by atoms with Crippen LogP contribution < -0.4 is 9.64 Å². The normalized spacial score (nSPS) is 29.8. The van der Waals surface area contributed by atoms with Gasteiger partial charge in [0.05, 0.1) is 22.5 Å². The second-order valence-electron chi connectivity index (χ2n) is 10.9. The smallest absolute Gasteiger partial charge is 0.238 e. The predicted octanol–water partition coefficient (Wildman–Crippen LogP) is 7.41. The fourth-order valence-corrected chi connectivity index (χ4v) is 11.0. The second-order valence-corrected chi connectivity index (χ2v) is 13.8. The van der Waals surface area contributed by atoms with Gasteiger partial charge in [0.15, 0.2) is 3.95 Å². The van der Waals surface area contributed by atoms with Gasteiger partial charge in [-0.05, 0) is 90.5 Å². The van der Waals surface area contributed by atoms with Crippen LogP contribution in [0.4, 0.5) is 10.1 Å². The molecule has 3 heterocycles. The minimum atomic E-state index is -0.393. The highest BCUT2D eigenvalue weighted by Gasteiger charge is 2.69. The van der Waals surface area contributed by atoms with E-state index < -0.39 is 5.82 Å². The average Bonchev–Trinajstić information content (AvgIpc) is 3.69. The molecule has 7 atom stereocenters. The van der Waals surface area contributed by atoms with Crippen molar-refractivity contribution in [2.45, 2.75) is 22.6 Å². The van der Waals surface area contributed by atoms with Gasteiger partial charge in [-0.3, -0.25) is 14.5 Å². The number of thioether (sulfide) groups is 1. The zero-order valence-corrected chi connectivity index (χ0v) is 23.5. The third-order valence-corrected chi connectivity index (χ3v) is 11.9. The number of carbonyl (C=O) groups excluding carboxylic acids is 2. The predicted molar refractivity (Wildman–Crippen MR) is 155 cm³/mol. The summed E-state index contributed by atoms with van der Waals surface area (Å²) in [6.07, 6.45) is 0.860. The Morgan fingerprint density at radius 2 is 1.62 bits per heavy atom. The molecule has 1 aromatic heterocycles. The number of rotatable bonds is 4. The Bertz CT molecular complexity index is 1720. The summed E-state index contributed by atoms with van der Waals surface area (Å²) in [5, 5.41) is 1.26. The zero-order chi connectivity index (χ0) is 27.1. The van der Waals surface area contributed by atoms with E-state index in [1.165, 1.54) is 34.0 Å². The van der Waals surface area contributed by atoms with Crippen LogP contribution in [0.25, 0.3) is 0 Å². The summed E-state index contributed by atoms with van der Waals surface area (Å²) in [7, 11) is 0. The van der Waals surface area contributed by atoms with Gasteiger partial charge in [-0.1, -0.05) is 30.3 Å². The molecule has 2 amide bonds. The number of H-pyrrole nitrogens is 1. The van der Waals surface area contributed by atoms with E-state index in [9.17, 15) is 14.0 Å². The lowest BCUT2D eigenvalue weighted by molar-refractivity contribution is -0.123. The molecule has 0 radical (unpaired) electrons. The van der Waals surface area contributed by atoms with E-state index in [1.54, 1.807) is 23.1 Å². The van der Waals surface area contributed by atoms with Gasteiger partial charge in [0.1, 0.15) is 17.3 Å². The highest BCUT2D eigenvalue weighted by atomic mass is 32.2. The summed E-state index contributed by atoms with van der Waals surface area (Å²) in [5.41, 5.74) is 1.58. The zero-order valence-electron chi connectivity index (χ0n) is 21.0. The Balaban J connectivity index is 1.19. The van der Waals surface area contributed by atoms with Crippen LogP contribution in [0, 0.1) is 39.4 Å². The number of aromatic nitrogens is 1. The number of thiazole rings is 1. The molecule has 5 nitrogen and oxygen atoms in total. The van der Waals surface area contributed by atoms with Crippen LogP contribution in [0.2, 0.25) is 0 Å². The van der Waals surface area contributed by atoms with Gasteiger partial charge in [-0.2, -0.15) is 0 Å². The van der Waals surface area contributed by atoms with Gasteiger partial charge >= 0.3 is 0 Å². The molecule has 40 heavy (non-hydrogen) atoms. The van der Waals surface area contributed by atoms with Crippen molar-refractivity contribution in [1.29, 1.82) is 0 Å². The molecule has 3 fully saturated rings. The van der Waals surface area contributed by atoms with Crippen LogP contribution in [0.3, 0.4) is 0 Å². The van der Waals surface area contributed by atoms with Crippen molar-refractivity contribution in [1.82, 2.24) is 4.98 Å². The number of hydrogen-bond donors (Lipinski definition) is 1. The van der Waals surface area contributed by atoms with Crippen molar-refractivity contribution >= 4 is 52.8 Å². The van der Waals surface area contributed by atoms with E-state index in [-0.39, 0.29) is 52.6 Å². The van der Waals surface area contributed by atoms with Gasteiger partial charge in [-0.15, -0.1) is 23.1 Å². The fourth-order valence-electron chi connectivity index (χ4n) is 7.63. The van der Waals surface area contributed by atoms with Crippen molar-refractivity contribution in [2.24, 2.45) is 29.6 Å². The van der Waals surface area contributed by atoms with Gasteiger partial charge in [0.2, 0.25) is 11.8 Å². The number of nitrogens with zero attached hydrogens (tertiary/aromatic N) is 1. The number of ether oxygens (including phenoxy) is 1. The van der Waals surface area contributed by atoms with Crippen molar-refractivity contribution < 1.29 is 18.7 Å². The third kappa shape index (κ3) is 3.60. The fraction of sp³-hybridized carbons (Fsp3) is 0.258. The number of hydrogen-bond acceptors (Lipinski definition) is 6. The number of nitrogens with one attached hydrogen (secondary N) is 1. The lowest BCUT2D eigenvalue weighted by Crippen LogP contribution is -2.42. The van der Waals surface area contributed by atoms with E-state index in [4.69, 9.17) is 17.0 Å². The maximum absolute atomic E-state index is 13.9. The molecule has 1 N–H and O–H groups in total. The third-order valence-electron chi connectivity index (χ3n) is 9.00. The topological polar surface area (TPSA) is 62.4 Å². The molecular weight excluding hydrogens is 564 g/mol. The van der Waals surface area contributed by atoms with Gasteiger partial charge in [0, 0.05) is 16.0 Å². The maximum atomic E-state index is 13.9. The summed E-state index contributed by atoms with van der Waals surface area (Å²) >= 11 is 8.98. The van der Waals surface area contributed by atoms with Crippen LogP contribution in [0.1, 0.15) is 22.8 Å². The number of carbonyl (C=O) groups is 2. The summed E-state index contributed by atoms with van der Waals surface area (Å²) in [6.45, 7) is 0. The number of aromatic amines is 1. The second kappa shape index (κ2) is 9.12. The van der Waals surface area contributed by atoms with Crippen LogP contribution in [-0.4, -0.2) is 22.0 Å². The van der Waals surface area contributed by atoms with Crippen molar-refractivity contribution in [3.05, 3.63) is 99.1 Å².